The Morgan fingerprint density at radius 1 is 1.35 bits per heavy atom. The van der Waals surface area contributed by atoms with E-state index in [2.05, 4.69) is 0 Å². The fourth-order valence-electron chi connectivity index (χ4n) is 2.33. The Bertz CT molecular complexity index is 525. The maximum Gasteiger partial charge on any atom is 0.308 e. The molecule has 0 radical (unpaired) electrons. The largest absolute Gasteiger partial charge is 0.469 e. The van der Waals surface area contributed by atoms with E-state index in [9.17, 15) is 9.59 Å². The van der Waals surface area contributed by atoms with Gasteiger partial charge in [-0.05, 0) is 31.0 Å². The molecule has 0 atom stereocenters. The number of piperidine rings is 1. The molecule has 0 aliphatic carbocycles. The topological polar surface area (TPSA) is 72.6 Å². The van der Waals surface area contributed by atoms with Crippen LogP contribution in [0.3, 0.4) is 0 Å². The Hall–Kier alpha value is -1.75. The van der Waals surface area contributed by atoms with E-state index >= 15 is 0 Å². The smallest absolute Gasteiger partial charge is 0.308 e. The molecule has 0 aromatic heterocycles. The van der Waals surface area contributed by atoms with Crippen molar-refractivity contribution in [1.82, 2.24) is 4.90 Å². The zero-order chi connectivity index (χ0) is 14.7. The highest BCUT2D eigenvalue weighted by atomic mass is 35.5. The molecule has 1 aliphatic rings. The third-order valence-electron chi connectivity index (χ3n) is 3.56. The third-order valence-corrected chi connectivity index (χ3v) is 3.89. The number of benzene rings is 1. The lowest BCUT2D eigenvalue weighted by Crippen LogP contribution is -2.40. The molecule has 1 aliphatic heterocycles. The van der Waals surface area contributed by atoms with Crippen LogP contribution in [0.2, 0.25) is 5.02 Å². The number of amides is 1. The van der Waals surface area contributed by atoms with Crippen LogP contribution in [0.5, 0.6) is 0 Å². The molecule has 1 amide bonds. The second-order valence-corrected chi connectivity index (χ2v) is 5.23. The molecule has 108 valence electrons. The number of ether oxygens (including phenoxy) is 1. The van der Waals surface area contributed by atoms with Gasteiger partial charge in [0, 0.05) is 18.7 Å². The van der Waals surface area contributed by atoms with Crippen molar-refractivity contribution in [2.24, 2.45) is 5.92 Å². The van der Waals surface area contributed by atoms with Crippen LogP contribution in [0.15, 0.2) is 18.2 Å². The van der Waals surface area contributed by atoms with Gasteiger partial charge in [-0.2, -0.15) is 0 Å². The molecule has 1 saturated heterocycles. The molecule has 2 N–H and O–H groups in total. The SMILES string of the molecule is COC(=O)C1CCN(C(=O)c2ccc(N)c(Cl)c2)CC1. The Morgan fingerprint density at radius 3 is 2.55 bits per heavy atom. The number of nitrogens with two attached hydrogens (primary N) is 1. The number of nitrogen functional groups attached to an aromatic ring is 1. The van der Waals surface area contributed by atoms with Gasteiger partial charge in [0.1, 0.15) is 0 Å². The van der Waals surface area contributed by atoms with Crippen molar-refractivity contribution in [2.45, 2.75) is 12.8 Å². The first-order valence-corrected chi connectivity index (χ1v) is 6.83. The van der Waals surface area contributed by atoms with Crippen LogP contribution >= 0.6 is 11.6 Å². The number of methoxy groups -OCH3 is 1. The number of nitrogens with zero attached hydrogens (tertiary/aromatic N) is 1. The molecule has 0 spiro atoms. The molecule has 2 rings (SSSR count). The first-order valence-electron chi connectivity index (χ1n) is 6.45. The second kappa shape index (κ2) is 6.13. The van der Waals surface area contributed by atoms with Crippen LogP contribution in [0.1, 0.15) is 23.2 Å². The van der Waals surface area contributed by atoms with E-state index in [1.54, 1.807) is 23.1 Å². The number of anilines is 1. The van der Waals surface area contributed by atoms with E-state index in [1.807, 2.05) is 0 Å². The monoisotopic (exact) mass is 296 g/mol. The maximum absolute atomic E-state index is 12.3. The van der Waals surface area contributed by atoms with Gasteiger partial charge in [0.05, 0.1) is 23.7 Å². The van der Waals surface area contributed by atoms with Gasteiger partial charge in [-0.15, -0.1) is 0 Å². The summed E-state index contributed by atoms with van der Waals surface area (Å²) in [6.07, 6.45) is 1.25. The van der Waals surface area contributed by atoms with Crippen molar-refractivity contribution in [3.05, 3.63) is 28.8 Å². The standard InChI is InChI=1S/C14H17ClN2O3/c1-20-14(19)9-4-6-17(7-5-9)13(18)10-2-3-12(16)11(15)8-10/h2-3,8-9H,4-7,16H2,1H3. The Morgan fingerprint density at radius 2 is 2.00 bits per heavy atom. The summed E-state index contributed by atoms with van der Waals surface area (Å²) in [7, 11) is 1.39. The third kappa shape index (κ3) is 3.04. The second-order valence-electron chi connectivity index (χ2n) is 4.83. The van der Waals surface area contributed by atoms with Crippen LogP contribution < -0.4 is 5.73 Å². The minimum absolute atomic E-state index is 0.0878. The molecule has 1 heterocycles. The van der Waals surface area contributed by atoms with Crippen molar-refractivity contribution in [2.75, 3.05) is 25.9 Å². The van der Waals surface area contributed by atoms with Crippen molar-refractivity contribution >= 4 is 29.2 Å². The Balaban J connectivity index is 2.01. The summed E-state index contributed by atoms with van der Waals surface area (Å²) in [5, 5.41) is 0.375. The Labute approximate surface area is 122 Å². The highest BCUT2D eigenvalue weighted by Gasteiger charge is 2.28. The fraction of sp³-hybridized carbons (Fsp3) is 0.429. The summed E-state index contributed by atoms with van der Waals surface area (Å²) < 4.78 is 4.73. The molecule has 6 heteroatoms. The van der Waals surface area contributed by atoms with E-state index in [1.165, 1.54) is 7.11 Å². The fourth-order valence-corrected chi connectivity index (χ4v) is 2.51. The van der Waals surface area contributed by atoms with E-state index in [0.29, 0.717) is 42.2 Å². The van der Waals surface area contributed by atoms with Gasteiger partial charge in [-0.1, -0.05) is 11.6 Å². The summed E-state index contributed by atoms with van der Waals surface area (Å²) in [5.41, 5.74) is 6.59. The number of rotatable bonds is 2. The highest BCUT2D eigenvalue weighted by molar-refractivity contribution is 6.33. The van der Waals surface area contributed by atoms with Crippen LogP contribution in [0.4, 0.5) is 5.69 Å². The van der Waals surface area contributed by atoms with Crippen LogP contribution in [-0.2, 0) is 9.53 Å². The summed E-state index contributed by atoms with van der Waals surface area (Å²) in [4.78, 5) is 25.5. The molecular weight excluding hydrogens is 280 g/mol. The molecule has 5 nitrogen and oxygen atoms in total. The van der Waals surface area contributed by atoms with Gasteiger partial charge in [0.25, 0.3) is 5.91 Å². The molecule has 1 aromatic carbocycles. The van der Waals surface area contributed by atoms with Crippen molar-refractivity contribution in [1.29, 1.82) is 0 Å². The number of carbonyl (C=O) groups is 2. The van der Waals surface area contributed by atoms with E-state index < -0.39 is 0 Å². The Kier molecular flexibility index (Phi) is 4.49. The van der Waals surface area contributed by atoms with Gasteiger partial charge in [-0.25, -0.2) is 0 Å². The molecule has 1 fully saturated rings. The number of carbonyl (C=O) groups excluding carboxylic acids is 2. The summed E-state index contributed by atoms with van der Waals surface area (Å²) in [6.45, 7) is 1.08. The lowest BCUT2D eigenvalue weighted by atomic mass is 9.96. The van der Waals surface area contributed by atoms with E-state index in [4.69, 9.17) is 22.1 Å². The van der Waals surface area contributed by atoms with Crippen LogP contribution in [0.25, 0.3) is 0 Å². The first kappa shape index (κ1) is 14.7. The molecule has 0 bridgehead atoms. The van der Waals surface area contributed by atoms with Crippen molar-refractivity contribution in [3.8, 4) is 0 Å². The van der Waals surface area contributed by atoms with Gasteiger partial charge in [0.2, 0.25) is 0 Å². The molecular formula is C14H17ClN2O3. The van der Waals surface area contributed by atoms with E-state index in [-0.39, 0.29) is 17.8 Å². The van der Waals surface area contributed by atoms with Crippen LogP contribution in [-0.4, -0.2) is 37.0 Å². The number of hydrogen-bond donors (Lipinski definition) is 1. The normalized spacial score (nSPS) is 16.0. The minimum Gasteiger partial charge on any atom is -0.469 e. The van der Waals surface area contributed by atoms with Gasteiger partial charge in [0.15, 0.2) is 0 Å². The lowest BCUT2D eigenvalue weighted by molar-refractivity contribution is -0.146. The quantitative estimate of drug-likeness (QED) is 0.669. The number of esters is 1. The van der Waals surface area contributed by atoms with Crippen molar-refractivity contribution < 1.29 is 14.3 Å². The van der Waals surface area contributed by atoms with Gasteiger partial charge >= 0.3 is 5.97 Å². The number of likely N-dealkylation sites (tertiary alicyclic amines) is 1. The average molecular weight is 297 g/mol. The van der Waals surface area contributed by atoms with Crippen molar-refractivity contribution in [3.63, 3.8) is 0 Å². The highest BCUT2D eigenvalue weighted by Crippen LogP contribution is 2.23. The van der Waals surface area contributed by atoms with E-state index in [0.717, 1.165) is 0 Å². The zero-order valence-corrected chi connectivity index (χ0v) is 12.0. The lowest BCUT2D eigenvalue weighted by Gasteiger charge is -2.30. The minimum atomic E-state index is -0.201. The number of hydrogen-bond acceptors (Lipinski definition) is 4. The molecule has 20 heavy (non-hydrogen) atoms. The average Bonchev–Trinajstić information content (AvgIpc) is 2.48. The predicted octanol–water partition coefficient (Wildman–Crippen LogP) is 1.95. The van der Waals surface area contributed by atoms with Gasteiger partial charge < -0.3 is 15.4 Å². The summed E-state index contributed by atoms with van der Waals surface area (Å²) in [6, 6.07) is 4.86. The summed E-state index contributed by atoms with van der Waals surface area (Å²) in [5.74, 6) is -0.401. The first-order chi connectivity index (χ1) is 9.52. The predicted molar refractivity (Wildman–Crippen MR) is 76.5 cm³/mol. The number of halogens is 1. The van der Waals surface area contributed by atoms with Gasteiger partial charge in [-0.3, -0.25) is 9.59 Å². The maximum atomic E-state index is 12.3. The molecule has 1 aromatic rings. The molecule has 0 unspecified atom stereocenters. The molecule has 0 saturated carbocycles. The summed E-state index contributed by atoms with van der Waals surface area (Å²) >= 11 is 5.92. The zero-order valence-electron chi connectivity index (χ0n) is 11.3. The van der Waals surface area contributed by atoms with Crippen LogP contribution in [0, 0.1) is 5.92 Å².